The van der Waals surface area contributed by atoms with Crippen LogP contribution in [-0.4, -0.2) is 16.4 Å². The Morgan fingerprint density at radius 1 is 1.73 bits per heavy atom. The van der Waals surface area contributed by atoms with Gasteiger partial charge in [0.15, 0.2) is 0 Å². The quantitative estimate of drug-likeness (QED) is 0.349. The van der Waals surface area contributed by atoms with Gasteiger partial charge < -0.3 is 10.2 Å². The minimum absolute atomic E-state index is 0.125. The molecule has 0 aliphatic rings. The second-order valence-corrected chi connectivity index (χ2v) is 2.19. The SMILES string of the molecule is Cc1cc(/C=N\O)c[nH]c1=O. The maximum absolute atomic E-state index is 10.8. The Balaban J connectivity index is 3.15. The maximum atomic E-state index is 10.8. The maximum Gasteiger partial charge on any atom is 0.250 e. The van der Waals surface area contributed by atoms with E-state index in [-0.39, 0.29) is 5.56 Å². The molecule has 4 nitrogen and oxygen atoms in total. The Morgan fingerprint density at radius 3 is 3.00 bits per heavy atom. The van der Waals surface area contributed by atoms with E-state index in [1.165, 1.54) is 12.4 Å². The molecule has 0 aromatic carbocycles. The fourth-order valence-corrected chi connectivity index (χ4v) is 0.761. The summed E-state index contributed by atoms with van der Waals surface area (Å²) in [4.78, 5) is 13.3. The number of hydrogen-bond acceptors (Lipinski definition) is 3. The molecule has 11 heavy (non-hydrogen) atoms. The van der Waals surface area contributed by atoms with Gasteiger partial charge in [-0.2, -0.15) is 0 Å². The number of rotatable bonds is 1. The number of H-pyrrole nitrogens is 1. The van der Waals surface area contributed by atoms with Crippen molar-refractivity contribution >= 4 is 6.21 Å². The normalized spacial score (nSPS) is 10.6. The Morgan fingerprint density at radius 2 is 2.45 bits per heavy atom. The molecule has 0 unspecified atom stereocenters. The molecule has 2 N–H and O–H groups in total. The van der Waals surface area contributed by atoms with Crippen molar-refractivity contribution in [2.24, 2.45) is 5.16 Å². The molecule has 0 saturated heterocycles. The van der Waals surface area contributed by atoms with E-state index in [0.717, 1.165) is 0 Å². The third kappa shape index (κ3) is 1.67. The lowest BCUT2D eigenvalue weighted by Gasteiger charge is -1.92. The van der Waals surface area contributed by atoms with Gasteiger partial charge in [-0.3, -0.25) is 4.79 Å². The molecule has 0 spiro atoms. The van der Waals surface area contributed by atoms with Crippen LogP contribution in [0.15, 0.2) is 22.2 Å². The van der Waals surface area contributed by atoms with Crippen molar-refractivity contribution in [1.29, 1.82) is 0 Å². The molecule has 4 heteroatoms. The van der Waals surface area contributed by atoms with E-state index in [1.807, 2.05) is 0 Å². The van der Waals surface area contributed by atoms with Crippen LogP contribution in [-0.2, 0) is 0 Å². The van der Waals surface area contributed by atoms with Crippen LogP contribution in [0.25, 0.3) is 0 Å². The number of hydrogen-bond donors (Lipinski definition) is 2. The fraction of sp³-hybridized carbons (Fsp3) is 0.143. The predicted octanol–water partition coefficient (Wildman–Crippen LogP) is 0.491. The van der Waals surface area contributed by atoms with Gasteiger partial charge in [-0.15, -0.1) is 0 Å². The number of aromatic nitrogens is 1. The molecule has 0 fully saturated rings. The first-order chi connectivity index (χ1) is 5.24. The summed E-state index contributed by atoms with van der Waals surface area (Å²) in [5.41, 5.74) is 1.15. The largest absolute Gasteiger partial charge is 0.411 e. The highest BCUT2D eigenvalue weighted by molar-refractivity contribution is 5.78. The van der Waals surface area contributed by atoms with E-state index in [4.69, 9.17) is 5.21 Å². The molecule has 0 radical (unpaired) electrons. The van der Waals surface area contributed by atoms with E-state index in [0.29, 0.717) is 11.1 Å². The van der Waals surface area contributed by atoms with Crippen molar-refractivity contribution in [3.05, 3.63) is 33.7 Å². The first-order valence-electron chi connectivity index (χ1n) is 3.11. The topological polar surface area (TPSA) is 65.5 Å². The summed E-state index contributed by atoms with van der Waals surface area (Å²) in [6, 6.07) is 1.64. The van der Waals surface area contributed by atoms with Gasteiger partial charge in [-0.1, -0.05) is 5.16 Å². The fourth-order valence-electron chi connectivity index (χ4n) is 0.761. The molecule has 1 aromatic heterocycles. The summed E-state index contributed by atoms with van der Waals surface area (Å²) in [7, 11) is 0. The Hall–Kier alpha value is -1.58. The van der Waals surface area contributed by atoms with Gasteiger partial charge in [0.1, 0.15) is 0 Å². The van der Waals surface area contributed by atoms with E-state index in [9.17, 15) is 4.79 Å². The lowest BCUT2D eigenvalue weighted by Crippen LogP contribution is -2.08. The Labute approximate surface area is 63.2 Å². The molecule has 0 saturated carbocycles. The van der Waals surface area contributed by atoms with Crippen LogP contribution in [0, 0.1) is 6.92 Å². The summed E-state index contributed by atoms with van der Waals surface area (Å²) in [6.45, 7) is 1.69. The molecule has 1 aromatic rings. The Kier molecular flexibility index (Phi) is 2.06. The lowest BCUT2D eigenvalue weighted by atomic mass is 10.2. The van der Waals surface area contributed by atoms with Crippen LogP contribution in [0.5, 0.6) is 0 Å². The van der Waals surface area contributed by atoms with Crippen LogP contribution in [0.3, 0.4) is 0 Å². The van der Waals surface area contributed by atoms with E-state index in [1.54, 1.807) is 13.0 Å². The van der Waals surface area contributed by atoms with Gasteiger partial charge in [0.2, 0.25) is 0 Å². The van der Waals surface area contributed by atoms with Crippen molar-refractivity contribution in [2.45, 2.75) is 6.92 Å². The minimum atomic E-state index is -0.125. The highest BCUT2D eigenvalue weighted by Gasteiger charge is 1.92. The average molecular weight is 152 g/mol. The smallest absolute Gasteiger partial charge is 0.250 e. The summed E-state index contributed by atoms with van der Waals surface area (Å²) in [5, 5.41) is 11.0. The van der Waals surface area contributed by atoms with Gasteiger partial charge in [-0.25, -0.2) is 0 Å². The van der Waals surface area contributed by atoms with Gasteiger partial charge in [0.05, 0.1) is 6.21 Å². The predicted molar refractivity (Wildman–Crippen MR) is 41.2 cm³/mol. The van der Waals surface area contributed by atoms with Gasteiger partial charge in [0.25, 0.3) is 5.56 Å². The number of aryl methyl sites for hydroxylation is 1. The zero-order valence-electron chi connectivity index (χ0n) is 6.03. The molecule has 1 rings (SSSR count). The van der Waals surface area contributed by atoms with Gasteiger partial charge in [0, 0.05) is 17.3 Å². The average Bonchev–Trinajstić information content (AvgIpc) is 1.98. The van der Waals surface area contributed by atoms with Crippen LogP contribution >= 0.6 is 0 Å². The Bertz CT molecular complexity index is 327. The molecular formula is C7H8N2O2. The zero-order chi connectivity index (χ0) is 8.27. The van der Waals surface area contributed by atoms with E-state index in [2.05, 4.69) is 10.1 Å². The summed E-state index contributed by atoms with van der Waals surface area (Å²) < 4.78 is 0. The number of nitrogens with one attached hydrogen (secondary N) is 1. The third-order valence-electron chi connectivity index (χ3n) is 1.32. The molecule has 1 heterocycles. The number of pyridine rings is 1. The number of aromatic amines is 1. The van der Waals surface area contributed by atoms with Crippen LogP contribution < -0.4 is 5.56 Å². The molecule has 0 bridgehead atoms. The van der Waals surface area contributed by atoms with Gasteiger partial charge >= 0.3 is 0 Å². The number of nitrogens with zero attached hydrogens (tertiary/aromatic N) is 1. The molecule has 0 amide bonds. The minimum Gasteiger partial charge on any atom is -0.411 e. The van der Waals surface area contributed by atoms with E-state index >= 15 is 0 Å². The molecule has 0 aliphatic heterocycles. The monoisotopic (exact) mass is 152 g/mol. The van der Waals surface area contributed by atoms with Crippen molar-refractivity contribution in [2.75, 3.05) is 0 Å². The molecular weight excluding hydrogens is 144 g/mol. The van der Waals surface area contributed by atoms with Crippen molar-refractivity contribution in [3.8, 4) is 0 Å². The summed E-state index contributed by atoms with van der Waals surface area (Å²) >= 11 is 0. The third-order valence-corrected chi connectivity index (χ3v) is 1.32. The lowest BCUT2D eigenvalue weighted by molar-refractivity contribution is 0.322. The van der Waals surface area contributed by atoms with Crippen molar-refractivity contribution < 1.29 is 5.21 Å². The van der Waals surface area contributed by atoms with Crippen LogP contribution in [0.4, 0.5) is 0 Å². The summed E-state index contributed by atoms with van der Waals surface area (Å²) in [6.07, 6.45) is 2.73. The second-order valence-electron chi connectivity index (χ2n) is 2.19. The highest BCUT2D eigenvalue weighted by atomic mass is 16.4. The standard InChI is InChI=1S/C7H8N2O2/c1-5-2-6(4-9-11)3-8-7(5)10/h2-4,11H,1H3,(H,8,10)/b9-4-. The highest BCUT2D eigenvalue weighted by Crippen LogP contribution is 1.92. The first kappa shape index (κ1) is 7.53. The molecule has 0 atom stereocenters. The van der Waals surface area contributed by atoms with Gasteiger partial charge in [-0.05, 0) is 13.0 Å². The summed E-state index contributed by atoms with van der Waals surface area (Å²) in [5.74, 6) is 0. The molecule has 0 aliphatic carbocycles. The molecule has 58 valence electrons. The second kappa shape index (κ2) is 3.01. The van der Waals surface area contributed by atoms with Crippen molar-refractivity contribution in [3.63, 3.8) is 0 Å². The van der Waals surface area contributed by atoms with Crippen molar-refractivity contribution in [1.82, 2.24) is 4.98 Å². The zero-order valence-corrected chi connectivity index (χ0v) is 6.03. The number of oxime groups is 1. The first-order valence-corrected chi connectivity index (χ1v) is 3.11. The van der Waals surface area contributed by atoms with Crippen LogP contribution in [0.1, 0.15) is 11.1 Å². The van der Waals surface area contributed by atoms with Crippen LogP contribution in [0.2, 0.25) is 0 Å². The van der Waals surface area contributed by atoms with E-state index < -0.39 is 0 Å².